The van der Waals surface area contributed by atoms with Crippen molar-refractivity contribution in [1.82, 2.24) is 5.32 Å². The highest BCUT2D eigenvalue weighted by molar-refractivity contribution is 5.94. The number of benzene rings is 1. The number of carbonyl (C=O) groups is 2. The SMILES string of the molecule is CC(OCCNC(=O)c1cccc(C#N)c1)C(=O)O. The van der Waals surface area contributed by atoms with Crippen LogP contribution in [-0.4, -0.2) is 36.2 Å². The van der Waals surface area contributed by atoms with Gasteiger partial charge in [-0.3, -0.25) is 4.79 Å². The van der Waals surface area contributed by atoms with Gasteiger partial charge in [0.15, 0.2) is 6.10 Å². The van der Waals surface area contributed by atoms with Crippen LogP contribution in [0.4, 0.5) is 0 Å². The van der Waals surface area contributed by atoms with Crippen molar-refractivity contribution in [2.24, 2.45) is 0 Å². The Labute approximate surface area is 110 Å². The van der Waals surface area contributed by atoms with Gasteiger partial charge < -0.3 is 15.2 Å². The highest BCUT2D eigenvalue weighted by Crippen LogP contribution is 2.03. The predicted molar refractivity (Wildman–Crippen MR) is 66.5 cm³/mol. The Morgan fingerprint density at radius 1 is 1.53 bits per heavy atom. The Balaban J connectivity index is 2.39. The zero-order valence-corrected chi connectivity index (χ0v) is 10.4. The van der Waals surface area contributed by atoms with Gasteiger partial charge in [-0.1, -0.05) is 6.07 Å². The van der Waals surface area contributed by atoms with Gasteiger partial charge in [-0.25, -0.2) is 4.79 Å². The molecule has 0 spiro atoms. The van der Waals surface area contributed by atoms with E-state index in [4.69, 9.17) is 15.1 Å². The summed E-state index contributed by atoms with van der Waals surface area (Å²) in [6.07, 6.45) is -0.904. The first kappa shape index (κ1) is 14.7. The molecule has 1 unspecified atom stereocenters. The normalized spacial score (nSPS) is 11.4. The smallest absolute Gasteiger partial charge is 0.332 e. The number of nitrogens with one attached hydrogen (secondary N) is 1. The topological polar surface area (TPSA) is 99.4 Å². The average molecular weight is 262 g/mol. The average Bonchev–Trinajstić information content (AvgIpc) is 2.42. The Morgan fingerprint density at radius 2 is 2.26 bits per heavy atom. The van der Waals surface area contributed by atoms with E-state index in [0.717, 1.165) is 0 Å². The molecular formula is C13H14N2O4. The van der Waals surface area contributed by atoms with Gasteiger partial charge in [0.25, 0.3) is 5.91 Å². The van der Waals surface area contributed by atoms with Gasteiger partial charge in [0.2, 0.25) is 0 Å². The van der Waals surface area contributed by atoms with Crippen LogP contribution in [0.1, 0.15) is 22.8 Å². The summed E-state index contributed by atoms with van der Waals surface area (Å²) in [5.41, 5.74) is 0.786. The number of carbonyl (C=O) groups excluding carboxylic acids is 1. The molecular weight excluding hydrogens is 248 g/mol. The fourth-order valence-corrected chi connectivity index (χ4v) is 1.30. The number of rotatable bonds is 6. The van der Waals surface area contributed by atoms with E-state index in [9.17, 15) is 9.59 Å². The second-order valence-corrected chi connectivity index (χ2v) is 3.80. The van der Waals surface area contributed by atoms with Crippen LogP contribution >= 0.6 is 0 Å². The van der Waals surface area contributed by atoms with E-state index in [1.54, 1.807) is 18.2 Å². The number of aliphatic carboxylic acids is 1. The molecule has 1 amide bonds. The highest BCUT2D eigenvalue weighted by Gasteiger charge is 2.11. The minimum absolute atomic E-state index is 0.108. The molecule has 1 atom stereocenters. The highest BCUT2D eigenvalue weighted by atomic mass is 16.5. The summed E-state index contributed by atoms with van der Waals surface area (Å²) in [5, 5.41) is 19.9. The summed E-state index contributed by atoms with van der Waals surface area (Å²) < 4.78 is 4.97. The lowest BCUT2D eigenvalue weighted by atomic mass is 10.1. The van der Waals surface area contributed by atoms with Gasteiger partial charge in [-0.05, 0) is 25.1 Å². The second kappa shape index (κ2) is 7.13. The van der Waals surface area contributed by atoms with E-state index in [1.165, 1.54) is 13.0 Å². The predicted octanol–water partition coefficient (Wildman–Crippen LogP) is 0.778. The summed E-state index contributed by atoms with van der Waals surface area (Å²) >= 11 is 0. The molecule has 0 saturated heterocycles. The summed E-state index contributed by atoms with van der Waals surface area (Å²) in [7, 11) is 0. The molecule has 0 bridgehead atoms. The number of nitrogens with zero attached hydrogens (tertiary/aromatic N) is 1. The molecule has 1 aromatic rings. The van der Waals surface area contributed by atoms with Gasteiger partial charge >= 0.3 is 5.97 Å². The first-order valence-corrected chi connectivity index (χ1v) is 5.67. The minimum Gasteiger partial charge on any atom is -0.479 e. The number of carboxylic acid groups (broad SMARTS) is 1. The fraction of sp³-hybridized carbons (Fsp3) is 0.308. The summed E-state index contributed by atoms with van der Waals surface area (Å²) in [4.78, 5) is 22.2. The molecule has 0 radical (unpaired) electrons. The fourth-order valence-electron chi connectivity index (χ4n) is 1.30. The standard InChI is InChI=1S/C13H14N2O4/c1-9(13(17)18)19-6-5-15-12(16)11-4-2-3-10(7-11)8-14/h2-4,7,9H,5-6H2,1H3,(H,15,16)(H,17,18). The zero-order chi connectivity index (χ0) is 14.3. The first-order chi connectivity index (χ1) is 9.04. The molecule has 6 heteroatoms. The molecule has 19 heavy (non-hydrogen) atoms. The molecule has 0 fully saturated rings. The van der Waals surface area contributed by atoms with Crippen molar-refractivity contribution in [3.05, 3.63) is 35.4 Å². The van der Waals surface area contributed by atoms with Crippen molar-refractivity contribution >= 4 is 11.9 Å². The molecule has 0 heterocycles. The van der Waals surface area contributed by atoms with Crippen LogP contribution in [-0.2, 0) is 9.53 Å². The van der Waals surface area contributed by atoms with Crippen LogP contribution < -0.4 is 5.32 Å². The molecule has 0 aromatic heterocycles. The van der Waals surface area contributed by atoms with Crippen LogP contribution in [0.3, 0.4) is 0 Å². The zero-order valence-electron chi connectivity index (χ0n) is 10.4. The van der Waals surface area contributed by atoms with Crippen molar-refractivity contribution in [3.63, 3.8) is 0 Å². The van der Waals surface area contributed by atoms with E-state index in [1.807, 2.05) is 6.07 Å². The maximum Gasteiger partial charge on any atom is 0.332 e. The maximum atomic E-state index is 11.7. The molecule has 0 aliphatic carbocycles. The van der Waals surface area contributed by atoms with E-state index >= 15 is 0 Å². The Morgan fingerprint density at radius 3 is 2.89 bits per heavy atom. The van der Waals surface area contributed by atoms with E-state index in [-0.39, 0.29) is 19.1 Å². The summed E-state index contributed by atoms with van der Waals surface area (Å²) in [6, 6.07) is 8.25. The number of ether oxygens (including phenoxy) is 1. The van der Waals surface area contributed by atoms with Crippen molar-refractivity contribution in [1.29, 1.82) is 5.26 Å². The lowest BCUT2D eigenvalue weighted by Crippen LogP contribution is -2.30. The quantitative estimate of drug-likeness (QED) is 0.738. The maximum absolute atomic E-state index is 11.7. The summed E-state index contributed by atoms with van der Waals surface area (Å²) in [5.74, 6) is -1.38. The van der Waals surface area contributed by atoms with Crippen molar-refractivity contribution < 1.29 is 19.4 Å². The van der Waals surface area contributed by atoms with E-state index in [2.05, 4.69) is 5.32 Å². The third kappa shape index (κ3) is 4.77. The van der Waals surface area contributed by atoms with E-state index < -0.39 is 12.1 Å². The lowest BCUT2D eigenvalue weighted by molar-refractivity contribution is -0.148. The monoisotopic (exact) mass is 262 g/mol. The Bertz CT molecular complexity index is 508. The molecule has 6 nitrogen and oxygen atoms in total. The summed E-state index contributed by atoms with van der Waals surface area (Å²) in [6.45, 7) is 1.73. The van der Waals surface area contributed by atoms with Gasteiger partial charge in [0.1, 0.15) is 0 Å². The van der Waals surface area contributed by atoms with Crippen LogP contribution in [0.5, 0.6) is 0 Å². The van der Waals surface area contributed by atoms with Gasteiger partial charge in [0.05, 0.1) is 18.2 Å². The number of hydrogen-bond acceptors (Lipinski definition) is 4. The Kier molecular flexibility index (Phi) is 5.51. The van der Waals surface area contributed by atoms with Crippen LogP contribution in [0.15, 0.2) is 24.3 Å². The third-order valence-electron chi connectivity index (χ3n) is 2.36. The number of amides is 1. The van der Waals surface area contributed by atoms with Gasteiger partial charge in [-0.2, -0.15) is 5.26 Å². The number of hydrogen-bond donors (Lipinski definition) is 2. The van der Waals surface area contributed by atoms with Gasteiger partial charge in [-0.15, -0.1) is 0 Å². The number of nitriles is 1. The molecule has 0 aliphatic heterocycles. The van der Waals surface area contributed by atoms with Crippen molar-refractivity contribution in [3.8, 4) is 6.07 Å². The molecule has 1 aromatic carbocycles. The largest absolute Gasteiger partial charge is 0.479 e. The van der Waals surface area contributed by atoms with Crippen LogP contribution in [0.2, 0.25) is 0 Å². The van der Waals surface area contributed by atoms with Gasteiger partial charge in [0, 0.05) is 12.1 Å². The Hall–Kier alpha value is -2.39. The molecule has 100 valence electrons. The first-order valence-electron chi connectivity index (χ1n) is 5.67. The molecule has 0 aliphatic rings. The van der Waals surface area contributed by atoms with E-state index in [0.29, 0.717) is 11.1 Å². The molecule has 2 N–H and O–H groups in total. The van der Waals surface area contributed by atoms with Crippen LogP contribution in [0.25, 0.3) is 0 Å². The second-order valence-electron chi connectivity index (χ2n) is 3.80. The van der Waals surface area contributed by atoms with Crippen molar-refractivity contribution in [2.45, 2.75) is 13.0 Å². The molecule has 0 saturated carbocycles. The molecule has 1 rings (SSSR count). The minimum atomic E-state index is -1.05. The van der Waals surface area contributed by atoms with Crippen molar-refractivity contribution in [2.75, 3.05) is 13.2 Å². The third-order valence-corrected chi connectivity index (χ3v) is 2.36. The number of carboxylic acids is 1. The van der Waals surface area contributed by atoms with Crippen LogP contribution in [0, 0.1) is 11.3 Å². The lowest BCUT2D eigenvalue weighted by Gasteiger charge is -2.09.